The van der Waals surface area contributed by atoms with E-state index in [1.165, 1.54) is 0 Å². The molecule has 1 aromatic heterocycles. The number of ether oxygens (including phenoxy) is 2. The van der Waals surface area contributed by atoms with Crippen LogP contribution in [0.2, 0.25) is 0 Å². The zero-order chi connectivity index (χ0) is 10.5. The van der Waals surface area contributed by atoms with E-state index < -0.39 is 0 Å². The van der Waals surface area contributed by atoms with Crippen LogP contribution in [0.15, 0.2) is 12.1 Å². The number of nitrogens with zero attached hydrogens (tertiary/aromatic N) is 2. The van der Waals surface area contributed by atoms with Crippen molar-refractivity contribution < 1.29 is 14.6 Å². The molecule has 2 heterocycles. The van der Waals surface area contributed by atoms with E-state index in [0.717, 1.165) is 26.1 Å². The van der Waals surface area contributed by atoms with Gasteiger partial charge in [0.25, 0.3) is 0 Å². The van der Waals surface area contributed by atoms with E-state index in [0.29, 0.717) is 11.6 Å². The van der Waals surface area contributed by atoms with Crippen molar-refractivity contribution in [3.05, 3.63) is 17.8 Å². The summed E-state index contributed by atoms with van der Waals surface area (Å²) in [5.74, 6) is 0.513. The van der Waals surface area contributed by atoms with Crippen molar-refractivity contribution in [3.8, 4) is 5.88 Å². The predicted octanol–water partition coefficient (Wildman–Crippen LogP) is 0.527. The molecular weight excluding hydrogens is 196 g/mol. The first-order valence-corrected chi connectivity index (χ1v) is 5.06. The fourth-order valence-electron chi connectivity index (χ4n) is 1.46. The fraction of sp³-hybridized carbons (Fsp3) is 0.600. The molecule has 0 aliphatic carbocycles. The van der Waals surface area contributed by atoms with Gasteiger partial charge in [0.15, 0.2) is 0 Å². The third-order valence-electron chi connectivity index (χ3n) is 2.31. The Hall–Kier alpha value is -1.20. The molecule has 1 aromatic rings. The van der Waals surface area contributed by atoms with E-state index in [9.17, 15) is 0 Å². The molecular formula is C10H14N2O3. The highest BCUT2D eigenvalue weighted by molar-refractivity contribution is 5.11. The number of hydrogen-bond donors (Lipinski definition) is 1. The second kappa shape index (κ2) is 5.04. The van der Waals surface area contributed by atoms with E-state index in [-0.39, 0.29) is 12.7 Å². The van der Waals surface area contributed by atoms with Gasteiger partial charge in [0.1, 0.15) is 6.10 Å². The molecule has 0 radical (unpaired) electrons. The van der Waals surface area contributed by atoms with Crippen LogP contribution in [0.4, 0.5) is 0 Å². The largest absolute Gasteiger partial charge is 0.473 e. The van der Waals surface area contributed by atoms with Crippen LogP contribution in [-0.2, 0) is 11.3 Å². The molecule has 0 atom stereocenters. The quantitative estimate of drug-likeness (QED) is 0.788. The smallest absolute Gasteiger partial charge is 0.233 e. The normalized spacial score (nSPS) is 17.7. The van der Waals surface area contributed by atoms with E-state index in [2.05, 4.69) is 10.2 Å². The predicted molar refractivity (Wildman–Crippen MR) is 52.4 cm³/mol. The van der Waals surface area contributed by atoms with Gasteiger partial charge in [-0.1, -0.05) is 0 Å². The molecule has 0 aromatic carbocycles. The van der Waals surface area contributed by atoms with Crippen LogP contribution in [-0.4, -0.2) is 34.6 Å². The Bertz CT molecular complexity index is 296. The van der Waals surface area contributed by atoms with E-state index >= 15 is 0 Å². The second-order valence-corrected chi connectivity index (χ2v) is 3.45. The van der Waals surface area contributed by atoms with Crippen LogP contribution in [0, 0.1) is 0 Å². The molecule has 0 saturated carbocycles. The topological polar surface area (TPSA) is 64.5 Å². The summed E-state index contributed by atoms with van der Waals surface area (Å²) in [7, 11) is 0. The Balaban J connectivity index is 1.91. The Morgan fingerprint density at radius 1 is 1.33 bits per heavy atom. The summed E-state index contributed by atoms with van der Waals surface area (Å²) >= 11 is 0. The maximum absolute atomic E-state index is 8.79. The monoisotopic (exact) mass is 210 g/mol. The lowest BCUT2D eigenvalue weighted by atomic mass is 10.2. The maximum atomic E-state index is 8.79. The van der Waals surface area contributed by atoms with Crippen molar-refractivity contribution in [2.45, 2.75) is 25.6 Å². The zero-order valence-corrected chi connectivity index (χ0v) is 8.43. The van der Waals surface area contributed by atoms with E-state index in [1.54, 1.807) is 12.1 Å². The van der Waals surface area contributed by atoms with Crippen LogP contribution in [0.3, 0.4) is 0 Å². The standard InChI is InChI=1S/C10H14N2O3/c13-7-8-1-2-10(12-11-8)15-9-3-5-14-6-4-9/h1-2,9,13H,3-7H2. The fourth-order valence-corrected chi connectivity index (χ4v) is 1.46. The average Bonchev–Trinajstić information content (AvgIpc) is 2.31. The molecule has 5 heteroatoms. The first-order valence-electron chi connectivity index (χ1n) is 5.06. The highest BCUT2D eigenvalue weighted by atomic mass is 16.5. The van der Waals surface area contributed by atoms with Gasteiger partial charge in [-0.2, -0.15) is 0 Å². The Morgan fingerprint density at radius 2 is 2.13 bits per heavy atom. The van der Waals surface area contributed by atoms with Crippen LogP contribution < -0.4 is 4.74 Å². The third kappa shape index (κ3) is 2.87. The molecule has 1 N–H and O–H groups in total. The number of aromatic nitrogens is 2. The second-order valence-electron chi connectivity index (χ2n) is 3.45. The van der Waals surface area contributed by atoms with Crippen molar-refractivity contribution in [3.63, 3.8) is 0 Å². The van der Waals surface area contributed by atoms with Gasteiger partial charge in [0.2, 0.25) is 5.88 Å². The summed E-state index contributed by atoms with van der Waals surface area (Å²) in [5.41, 5.74) is 0.550. The van der Waals surface area contributed by atoms with Crippen LogP contribution in [0.1, 0.15) is 18.5 Å². The molecule has 0 bridgehead atoms. The first-order chi connectivity index (χ1) is 7.38. The minimum atomic E-state index is -0.0927. The summed E-state index contributed by atoms with van der Waals surface area (Å²) in [6.45, 7) is 1.39. The maximum Gasteiger partial charge on any atom is 0.233 e. The first kappa shape index (κ1) is 10.3. The summed E-state index contributed by atoms with van der Waals surface area (Å²) < 4.78 is 10.8. The third-order valence-corrected chi connectivity index (χ3v) is 2.31. The van der Waals surface area contributed by atoms with E-state index in [4.69, 9.17) is 14.6 Å². The molecule has 82 valence electrons. The van der Waals surface area contributed by atoms with Gasteiger partial charge < -0.3 is 14.6 Å². The number of aliphatic hydroxyl groups excluding tert-OH is 1. The van der Waals surface area contributed by atoms with Gasteiger partial charge in [-0.25, -0.2) is 0 Å². The highest BCUT2D eigenvalue weighted by Crippen LogP contribution is 2.14. The van der Waals surface area contributed by atoms with Crippen molar-refractivity contribution >= 4 is 0 Å². The number of rotatable bonds is 3. The van der Waals surface area contributed by atoms with Crippen LogP contribution in [0.5, 0.6) is 5.88 Å². The Labute approximate surface area is 88.0 Å². The SMILES string of the molecule is OCc1ccc(OC2CCOCC2)nn1. The number of hydrogen-bond acceptors (Lipinski definition) is 5. The number of aliphatic hydroxyl groups is 1. The lowest BCUT2D eigenvalue weighted by molar-refractivity contribution is 0.0233. The van der Waals surface area contributed by atoms with Gasteiger partial charge in [-0.05, 0) is 6.07 Å². The molecule has 1 saturated heterocycles. The van der Waals surface area contributed by atoms with Gasteiger partial charge in [-0.15, -0.1) is 10.2 Å². The lowest BCUT2D eigenvalue weighted by Crippen LogP contribution is -2.26. The summed E-state index contributed by atoms with van der Waals surface area (Å²) in [4.78, 5) is 0. The average molecular weight is 210 g/mol. The van der Waals surface area contributed by atoms with Gasteiger partial charge in [-0.3, -0.25) is 0 Å². The molecule has 15 heavy (non-hydrogen) atoms. The van der Waals surface area contributed by atoms with Crippen molar-refractivity contribution in [1.82, 2.24) is 10.2 Å². The molecule has 0 unspecified atom stereocenters. The minimum absolute atomic E-state index is 0.0927. The Kier molecular flexibility index (Phi) is 3.47. The molecule has 0 spiro atoms. The van der Waals surface area contributed by atoms with Gasteiger partial charge in [0, 0.05) is 18.9 Å². The molecule has 1 aliphatic heterocycles. The summed E-state index contributed by atoms with van der Waals surface area (Å²) in [6.07, 6.45) is 1.96. The zero-order valence-electron chi connectivity index (χ0n) is 8.43. The van der Waals surface area contributed by atoms with Crippen molar-refractivity contribution in [2.75, 3.05) is 13.2 Å². The Morgan fingerprint density at radius 3 is 2.73 bits per heavy atom. The van der Waals surface area contributed by atoms with Gasteiger partial charge in [0.05, 0.1) is 25.5 Å². The molecule has 1 fully saturated rings. The molecule has 2 rings (SSSR count). The molecule has 1 aliphatic rings. The highest BCUT2D eigenvalue weighted by Gasteiger charge is 2.15. The molecule has 5 nitrogen and oxygen atoms in total. The summed E-state index contributed by atoms with van der Waals surface area (Å²) in [6, 6.07) is 3.44. The van der Waals surface area contributed by atoms with Gasteiger partial charge >= 0.3 is 0 Å². The van der Waals surface area contributed by atoms with Crippen molar-refractivity contribution in [1.29, 1.82) is 0 Å². The minimum Gasteiger partial charge on any atom is -0.473 e. The van der Waals surface area contributed by atoms with E-state index in [1.807, 2.05) is 0 Å². The van der Waals surface area contributed by atoms with Crippen LogP contribution >= 0.6 is 0 Å². The van der Waals surface area contributed by atoms with Crippen molar-refractivity contribution in [2.24, 2.45) is 0 Å². The lowest BCUT2D eigenvalue weighted by Gasteiger charge is -2.22. The van der Waals surface area contributed by atoms with Crippen LogP contribution in [0.25, 0.3) is 0 Å². The summed E-state index contributed by atoms with van der Waals surface area (Å²) in [5, 5.41) is 16.5. The molecule has 0 amide bonds.